The molecule has 18 heavy (non-hydrogen) atoms. The second-order valence-electron chi connectivity index (χ2n) is 4.42. The number of carboxylic acids is 1. The molecule has 3 unspecified atom stereocenters. The van der Waals surface area contributed by atoms with E-state index < -0.39 is 24.0 Å². The van der Waals surface area contributed by atoms with Crippen LogP contribution in [0.1, 0.15) is 13.8 Å². The van der Waals surface area contributed by atoms with E-state index in [4.69, 9.17) is 9.84 Å². The van der Waals surface area contributed by atoms with Crippen LogP contribution in [0.3, 0.4) is 0 Å². The summed E-state index contributed by atoms with van der Waals surface area (Å²) in [4.78, 5) is 35.2. The zero-order valence-corrected chi connectivity index (χ0v) is 10.7. The molecule has 1 aliphatic heterocycles. The van der Waals surface area contributed by atoms with Crippen molar-refractivity contribution in [3.63, 3.8) is 0 Å². The number of carboxylic acid groups (broad SMARTS) is 1. The van der Waals surface area contributed by atoms with Crippen molar-refractivity contribution in [2.75, 3.05) is 20.3 Å². The fourth-order valence-corrected chi connectivity index (χ4v) is 2.00. The van der Waals surface area contributed by atoms with E-state index in [1.54, 1.807) is 6.92 Å². The molecule has 2 N–H and O–H groups in total. The molecule has 2 amide bonds. The minimum atomic E-state index is -0.982. The Morgan fingerprint density at radius 1 is 1.39 bits per heavy atom. The van der Waals surface area contributed by atoms with E-state index in [1.807, 2.05) is 0 Å². The number of hydrogen-bond donors (Lipinski definition) is 2. The van der Waals surface area contributed by atoms with Gasteiger partial charge in [0.25, 0.3) is 0 Å². The summed E-state index contributed by atoms with van der Waals surface area (Å²) >= 11 is 0. The molecule has 1 fully saturated rings. The summed E-state index contributed by atoms with van der Waals surface area (Å²) in [6.45, 7) is 3.19. The second-order valence-corrected chi connectivity index (χ2v) is 4.42. The lowest BCUT2D eigenvalue weighted by atomic mass is 10.0. The van der Waals surface area contributed by atoms with Gasteiger partial charge in [0.2, 0.25) is 11.8 Å². The monoisotopic (exact) mass is 258 g/mol. The third-order valence-corrected chi connectivity index (χ3v) is 3.00. The molecule has 0 aromatic rings. The number of ether oxygens (including phenoxy) is 1. The van der Waals surface area contributed by atoms with Gasteiger partial charge in [-0.15, -0.1) is 0 Å². The Kier molecular flexibility index (Phi) is 4.66. The fourth-order valence-electron chi connectivity index (χ4n) is 2.00. The molecule has 1 heterocycles. The van der Waals surface area contributed by atoms with Crippen LogP contribution in [-0.2, 0) is 19.1 Å². The van der Waals surface area contributed by atoms with Crippen molar-refractivity contribution in [1.29, 1.82) is 0 Å². The van der Waals surface area contributed by atoms with Gasteiger partial charge in [-0.05, 0) is 6.92 Å². The number of likely N-dealkylation sites (N-methyl/N-ethyl adjacent to an activating group) is 1. The van der Waals surface area contributed by atoms with E-state index >= 15 is 0 Å². The van der Waals surface area contributed by atoms with Crippen molar-refractivity contribution in [3.05, 3.63) is 0 Å². The Morgan fingerprint density at radius 3 is 2.50 bits per heavy atom. The summed E-state index contributed by atoms with van der Waals surface area (Å²) in [6, 6.07) is -1.17. The van der Waals surface area contributed by atoms with E-state index in [9.17, 15) is 14.4 Å². The van der Waals surface area contributed by atoms with E-state index in [1.165, 1.54) is 18.9 Å². The van der Waals surface area contributed by atoms with Gasteiger partial charge in [0, 0.05) is 14.0 Å². The van der Waals surface area contributed by atoms with Crippen LogP contribution in [0.5, 0.6) is 0 Å². The highest BCUT2D eigenvalue weighted by molar-refractivity contribution is 5.87. The lowest BCUT2D eigenvalue weighted by Crippen LogP contribution is -2.51. The first kappa shape index (κ1) is 14.4. The molecule has 0 aliphatic carbocycles. The van der Waals surface area contributed by atoms with Gasteiger partial charge in [0.15, 0.2) is 0 Å². The van der Waals surface area contributed by atoms with Crippen molar-refractivity contribution in [3.8, 4) is 0 Å². The quantitative estimate of drug-likeness (QED) is 0.679. The average molecular weight is 258 g/mol. The summed E-state index contributed by atoms with van der Waals surface area (Å²) in [5, 5.41) is 11.5. The molecule has 1 rings (SSSR count). The first-order valence-electron chi connectivity index (χ1n) is 5.69. The molecule has 0 bridgehead atoms. The third-order valence-electron chi connectivity index (χ3n) is 3.00. The number of nitrogens with zero attached hydrogens (tertiary/aromatic N) is 1. The molecule has 7 nitrogen and oxygen atoms in total. The Balaban J connectivity index is 2.68. The van der Waals surface area contributed by atoms with Crippen LogP contribution in [0.15, 0.2) is 0 Å². The zero-order valence-electron chi connectivity index (χ0n) is 10.7. The van der Waals surface area contributed by atoms with Crippen LogP contribution >= 0.6 is 0 Å². The number of hydrogen-bond acceptors (Lipinski definition) is 4. The smallest absolute Gasteiger partial charge is 0.311 e. The average Bonchev–Trinajstić information content (AvgIpc) is 2.74. The van der Waals surface area contributed by atoms with Gasteiger partial charge in [-0.3, -0.25) is 14.4 Å². The Bertz CT molecular complexity index is 357. The number of carbonyl (C=O) groups is 3. The Labute approximate surface area is 105 Å². The van der Waals surface area contributed by atoms with Crippen molar-refractivity contribution in [1.82, 2.24) is 10.2 Å². The molecule has 1 aliphatic rings. The maximum atomic E-state index is 12.0. The van der Waals surface area contributed by atoms with Crippen LogP contribution in [0.4, 0.5) is 0 Å². The molecular formula is C11H18N2O5. The first-order chi connectivity index (χ1) is 8.34. The van der Waals surface area contributed by atoms with E-state index in [0.29, 0.717) is 0 Å². The van der Waals surface area contributed by atoms with Gasteiger partial charge < -0.3 is 20.1 Å². The zero-order chi connectivity index (χ0) is 13.9. The summed E-state index contributed by atoms with van der Waals surface area (Å²) < 4.78 is 5.10. The maximum absolute atomic E-state index is 12.0. The largest absolute Gasteiger partial charge is 0.481 e. The predicted octanol–water partition coefficient (Wildman–Crippen LogP) is -0.931. The molecule has 7 heteroatoms. The summed E-state index contributed by atoms with van der Waals surface area (Å²) in [7, 11) is 1.52. The van der Waals surface area contributed by atoms with Crippen molar-refractivity contribution >= 4 is 17.8 Å². The highest BCUT2D eigenvalue weighted by Gasteiger charge is 2.39. The number of amides is 2. The Morgan fingerprint density at radius 2 is 2.00 bits per heavy atom. The number of nitrogens with one attached hydrogen (secondary N) is 1. The van der Waals surface area contributed by atoms with Crippen LogP contribution in [0.2, 0.25) is 0 Å². The highest BCUT2D eigenvalue weighted by Crippen LogP contribution is 2.19. The van der Waals surface area contributed by atoms with Crippen molar-refractivity contribution < 1.29 is 24.2 Å². The molecule has 3 atom stereocenters. The standard InChI is InChI=1S/C11H18N2O5/c1-6(12-7(2)14)10(15)13(3)9-5-18-4-8(9)11(16)17/h6,8-9H,4-5H2,1-3H3,(H,12,14)(H,16,17). The molecule has 0 aromatic heterocycles. The lowest BCUT2D eigenvalue weighted by molar-refractivity contribution is -0.145. The molecular weight excluding hydrogens is 240 g/mol. The van der Waals surface area contributed by atoms with Gasteiger partial charge in [0.1, 0.15) is 12.0 Å². The normalized spacial score (nSPS) is 24.4. The minimum absolute atomic E-state index is 0.103. The summed E-state index contributed by atoms with van der Waals surface area (Å²) in [6.07, 6.45) is 0. The molecule has 0 saturated carbocycles. The summed E-state index contributed by atoms with van der Waals surface area (Å²) in [5.41, 5.74) is 0. The van der Waals surface area contributed by atoms with E-state index in [2.05, 4.69) is 5.32 Å². The van der Waals surface area contributed by atoms with E-state index in [-0.39, 0.29) is 25.0 Å². The summed E-state index contributed by atoms with van der Waals surface area (Å²) in [5.74, 6) is -2.33. The molecule has 102 valence electrons. The molecule has 0 radical (unpaired) electrons. The maximum Gasteiger partial charge on any atom is 0.311 e. The topological polar surface area (TPSA) is 95.9 Å². The minimum Gasteiger partial charge on any atom is -0.481 e. The molecule has 0 aromatic carbocycles. The third kappa shape index (κ3) is 3.19. The SMILES string of the molecule is CC(=O)NC(C)C(=O)N(C)C1COCC1C(=O)O. The fraction of sp³-hybridized carbons (Fsp3) is 0.727. The number of aliphatic carboxylic acids is 1. The van der Waals surface area contributed by atoms with Crippen LogP contribution in [-0.4, -0.2) is 60.1 Å². The van der Waals surface area contributed by atoms with Gasteiger partial charge in [0.05, 0.1) is 19.3 Å². The highest BCUT2D eigenvalue weighted by atomic mass is 16.5. The number of rotatable bonds is 4. The lowest BCUT2D eigenvalue weighted by Gasteiger charge is -2.28. The van der Waals surface area contributed by atoms with Crippen molar-refractivity contribution in [2.45, 2.75) is 25.9 Å². The van der Waals surface area contributed by atoms with E-state index in [0.717, 1.165) is 0 Å². The Hall–Kier alpha value is -1.63. The van der Waals surface area contributed by atoms with Crippen LogP contribution < -0.4 is 5.32 Å². The van der Waals surface area contributed by atoms with Gasteiger partial charge in [-0.1, -0.05) is 0 Å². The predicted molar refractivity (Wildman–Crippen MR) is 61.8 cm³/mol. The van der Waals surface area contributed by atoms with Gasteiger partial charge in [-0.2, -0.15) is 0 Å². The molecule has 1 saturated heterocycles. The van der Waals surface area contributed by atoms with Gasteiger partial charge >= 0.3 is 5.97 Å². The van der Waals surface area contributed by atoms with Crippen LogP contribution in [0.25, 0.3) is 0 Å². The van der Waals surface area contributed by atoms with Crippen molar-refractivity contribution in [2.24, 2.45) is 5.92 Å². The first-order valence-corrected chi connectivity index (χ1v) is 5.69. The second kappa shape index (κ2) is 5.81. The molecule has 0 spiro atoms. The number of carbonyl (C=O) groups excluding carboxylic acids is 2. The van der Waals surface area contributed by atoms with Gasteiger partial charge in [-0.25, -0.2) is 0 Å². The van der Waals surface area contributed by atoms with Crippen LogP contribution in [0, 0.1) is 5.92 Å².